The smallest absolute Gasteiger partial charge is 0.303 e. The number of aliphatic carboxylic acids is 1. The predicted octanol–water partition coefficient (Wildman–Crippen LogP) is 2.12. The van der Waals surface area contributed by atoms with E-state index in [-0.39, 0.29) is 6.42 Å². The molecule has 2 heterocycles. The second-order valence-corrected chi connectivity index (χ2v) is 5.17. The summed E-state index contributed by atoms with van der Waals surface area (Å²) in [5.41, 5.74) is 1.17. The van der Waals surface area contributed by atoms with Gasteiger partial charge in [0.1, 0.15) is 0 Å². The van der Waals surface area contributed by atoms with Crippen molar-refractivity contribution in [2.24, 2.45) is 5.92 Å². The number of hydrogen-bond donors (Lipinski definition) is 1. The van der Waals surface area contributed by atoms with Gasteiger partial charge < -0.3 is 10.0 Å². The molecule has 1 fully saturated rings. The molecular formula is C14H21N3O2. The fourth-order valence-corrected chi connectivity index (χ4v) is 2.51. The zero-order valence-electron chi connectivity index (χ0n) is 11.4. The fraction of sp³-hybridized carbons (Fsp3) is 0.643. The molecule has 5 heteroatoms. The van der Waals surface area contributed by atoms with Gasteiger partial charge in [-0.2, -0.15) is 0 Å². The van der Waals surface area contributed by atoms with E-state index in [2.05, 4.69) is 21.8 Å². The average Bonchev–Trinajstić information content (AvgIpc) is 2.40. The topological polar surface area (TPSA) is 66.3 Å². The zero-order valence-corrected chi connectivity index (χ0v) is 11.4. The summed E-state index contributed by atoms with van der Waals surface area (Å²) in [7, 11) is 0. The lowest BCUT2D eigenvalue weighted by molar-refractivity contribution is -0.138. The lowest BCUT2D eigenvalue weighted by Crippen LogP contribution is -2.35. The van der Waals surface area contributed by atoms with Gasteiger partial charge in [-0.25, -0.2) is 9.97 Å². The van der Waals surface area contributed by atoms with Crippen molar-refractivity contribution in [3.8, 4) is 0 Å². The molecule has 0 unspecified atom stereocenters. The summed E-state index contributed by atoms with van der Waals surface area (Å²) in [4.78, 5) is 21.6. The van der Waals surface area contributed by atoms with Gasteiger partial charge in [-0.3, -0.25) is 4.79 Å². The highest BCUT2D eigenvalue weighted by Gasteiger charge is 2.22. The second-order valence-electron chi connectivity index (χ2n) is 5.17. The first-order valence-corrected chi connectivity index (χ1v) is 6.96. The Morgan fingerprint density at radius 1 is 1.37 bits per heavy atom. The maximum absolute atomic E-state index is 10.7. The molecular weight excluding hydrogens is 242 g/mol. The molecule has 104 valence electrons. The Morgan fingerprint density at radius 3 is 2.53 bits per heavy atom. The molecule has 1 saturated heterocycles. The molecule has 0 bridgehead atoms. The highest BCUT2D eigenvalue weighted by Crippen LogP contribution is 2.22. The van der Waals surface area contributed by atoms with Crippen LogP contribution in [0.4, 0.5) is 5.95 Å². The van der Waals surface area contributed by atoms with E-state index in [9.17, 15) is 4.79 Å². The number of rotatable bonds is 5. The van der Waals surface area contributed by atoms with E-state index in [1.165, 1.54) is 5.56 Å². The van der Waals surface area contributed by atoms with Crippen molar-refractivity contribution >= 4 is 11.9 Å². The molecule has 0 saturated carbocycles. The maximum atomic E-state index is 10.7. The van der Waals surface area contributed by atoms with E-state index < -0.39 is 5.97 Å². The standard InChI is InChI=1S/C14H21N3O2/c1-2-3-12-9-15-14(16-10-12)17-6-4-11(5-7-17)8-13(18)19/h9-11H,2-8H2,1H3,(H,18,19). The van der Waals surface area contributed by atoms with E-state index in [1.807, 2.05) is 12.4 Å². The molecule has 1 aliphatic heterocycles. The molecule has 1 N–H and O–H groups in total. The maximum Gasteiger partial charge on any atom is 0.303 e. The van der Waals surface area contributed by atoms with Gasteiger partial charge in [0, 0.05) is 31.9 Å². The lowest BCUT2D eigenvalue weighted by Gasteiger charge is -2.31. The summed E-state index contributed by atoms with van der Waals surface area (Å²) in [5, 5.41) is 8.79. The van der Waals surface area contributed by atoms with Crippen LogP contribution >= 0.6 is 0 Å². The van der Waals surface area contributed by atoms with Crippen molar-refractivity contribution in [2.45, 2.75) is 39.0 Å². The Morgan fingerprint density at radius 2 is 2.00 bits per heavy atom. The minimum absolute atomic E-state index is 0.282. The molecule has 0 amide bonds. The Balaban J connectivity index is 1.88. The van der Waals surface area contributed by atoms with Crippen LogP contribution in [0.15, 0.2) is 12.4 Å². The van der Waals surface area contributed by atoms with Crippen molar-refractivity contribution < 1.29 is 9.90 Å². The molecule has 0 atom stereocenters. The van der Waals surface area contributed by atoms with Crippen LogP contribution in [0.25, 0.3) is 0 Å². The molecule has 0 radical (unpaired) electrons. The number of aryl methyl sites for hydroxylation is 1. The van der Waals surface area contributed by atoms with E-state index >= 15 is 0 Å². The summed E-state index contributed by atoms with van der Waals surface area (Å²) in [6.45, 7) is 3.84. The third-order valence-corrected chi connectivity index (χ3v) is 3.59. The zero-order chi connectivity index (χ0) is 13.7. The summed E-state index contributed by atoms with van der Waals surface area (Å²) >= 11 is 0. The van der Waals surface area contributed by atoms with Crippen LogP contribution in [0, 0.1) is 5.92 Å². The molecule has 2 rings (SSSR count). The van der Waals surface area contributed by atoms with Gasteiger partial charge in [0.25, 0.3) is 0 Å². The molecule has 19 heavy (non-hydrogen) atoms. The van der Waals surface area contributed by atoms with Crippen LogP contribution in [0.2, 0.25) is 0 Å². The highest BCUT2D eigenvalue weighted by atomic mass is 16.4. The van der Waals surface area contributed by atoms with Crippen molar-refractivity contribution in [3.05, 3.63) is 18.0 Å². The molecule has 0 spiro atoms. The van der Waals surface area contributed by atoms with Crippen LogP contribution in [0.1, 0.15) is 38.2 Å². The van der Waals surface area contributed by atoms with Gasteiger partial charge in [-0.05, 0) is 30.7 Å². The molecule has 5 nitrogen and oxygen atoms in total. The van der Waals surface area contributed by atoms with E-state index in [0.717, 1.165) is 44.7 Å². The van der Waals surface area contributed by atoms with Crippen molar-refractivity contribution in [1.29, 1.82) is 0 Å². The van der Waals surface area contributed by atoms with Gasteiger partial charge in [0.15, 0.2) is 0 Å². The van der Waals surface area contributed by atoms with E-state index in [4.69, 9.17) is 5.11 Å². The lowest BCUT2D eigenvalue weighted by atomic mass is 9.94. The second kappa shape index (κ2) is 6.50. The van der Waals surface area contributed by atoms with Gasteiger partial charge in [0.2, 0.25) is 5.95 Å². The monoisotopic (exact) mass is 263 g/mol. The van der Waals surface area contributed by atoms with Crippen molar-refractivity contribution in [2.75, 3.05) is 18.0 Å². The Hall–Kier alpha value is -1.65. The van der Waals surface area contributed by atoms with Gasteiger partial charge in [0.05, 0.1) is 0 Å². The summed E-state index contributed by atoms with van der Waals surface area (Å²) in [5.74, 6) is 0.375. The number of piperidine rings is 1. The molecule has 1 aromatic heterocycles. The first-order valence-electron chi connectivity index (χ1n) is 6.96. The summed E-state index contributed by atoms with van der Waals surface area (Å²) < 4.78 is 0. The fourth-order valence-electron chi connectivity index (χ4n) is 2.51. The van der Waals surface area contributed by atoms with Gasteiger partial charge in [-0.15, -0.1) is 0 Å². The first-order chi connectivity index (χ1) is 9.19. The highest BCUT2D eigenvalue weighted by molar-refractivity contribution is 5.67. The normalized spacial score (nSPS) is 16.6. The number of anilines is 1. The Labute approximate surface area is 113 Å². The minimum atomic E-state index is -0.696. The number of aromatic nitrogens is 2. The van der Waals surface area contributed by atoms with Crippen molar-refractivity contribution in [1.82, 2.24) is 9.97 Å². The quantitative estimate of drug-likeness (QED) is 0.881. The molecule has 1 aliphatic rings. The molecule has 0 aliphatic carbocycles. The molecule has 1 aromatic rings. The Kier molecular flexibility index (Phi) is 4.71. The Bertz CT molecular complexity index is 411. The van der Waals surface area contributed by atoms with Crippen LogP contribution in [0.5, 0.6) is 0 Å². The average molecular weight is 263 g/mol. The van der Waals surface area contributed by atoms with Crippen LogP contribution in [0.3, 0.4) is 0 Å². The summed E-state index contributed by atoms with van der Waals surface area (Å²) in [6, 6.07) is 0. The number of carboxylic acids is 1. The van der Waals surface area contributed by atoms with Crippen molar-refractivity contribution in [3.63, 3.8) is 0 Å². The van der Waals surface area contributed by atoms with Crippen LogP contribution < -0.4 is 4.90 Å². The number of carboxylic acid groups (broad SMARTS) is 1. The first kappa shape index (κ1) is 13.8. The largest absolute Gasteiger partial charge is 0.481 e. The van der Waals surface area contributed by atoms with Crippen LogP contribution in [-0.2, 0) is 11.2 Å². The number of nitrogens with zero attached hydrogens (tertiary/aromatic N) is 3. The van der Waals surface area contributed by atoms with Crippen LogP contribution in [-0.4, -0.2) is 34.1 Å². The predicted molar refractivity (Wildman–Crippen MR) is 73.2 cm³/mol. The van der Waals surface area contributed by atoms with Gasteiger partial charge in [-0.1, -0.05) is 13.3 Å². The number of carbonyl (C=O) groups is 1. The number of hydrogen-bond acceptors (Lipinski definition) is 4. The van der Waals surface area contributed by atoms with E-state index in [1.54, 1.807) is 0 Å². The summed E-state index contributed by atoms with van der Waals surface area (Å²) in [6.07, 6.45) is 8.01. The van der Waals surface area contributed by atoms with E-state index in [0.29, 0.717) is 5.92 Å². The third kappa shape index (κ3) is 3.91. The molecule has 0 aromatic carbocycles. The minimum Gasteiger partial charge on any atom is -0.481 e. The van der Waals surface area contributed by atoms with Gasteiger partial charge >= 0.3 is 5.97 Å². The third-order valence-electron chi connectivity index (χ3n) is 3.59. The SMILES string of the molecule is CCCc1cnc(N2CCC(CC(=O)O)CC2)nc1.